The quantitative estimate of drug-likeness (QED) is 0.643. The van der Waals surface area contributed by atoms with Crippen LogP contribution in [0.2, 0.25) is 0 Å². The fourth-order valence-electron chi connectivity index (χ4n) is 1.57. The minimum absolute atomic E-state index is 0.117. The molecule has 0 radical (unpaired) electrons. The molecule has 0 aliphatic carbocycles. The lowest BCUT2D eigenvalue weighted by Gasteiger charge is -2.06. The van der Waals surface area contributed by atoms with E-state index in [-0.39, 0.29) is 5.95 Å². The van der Waals surface area contributed by atoms with Crippen LogP contribution in [0.5, 0.6) is 0 Å². The fourth-order valence-corrected chi connectivity index (χ4v) is 1.57. The van der Waals surface area contributed by atoms with Gasteiger partial charge in [-0.25, -0.2) is 4.68 Å². The molecule has 0 aliphatic rings. The highest BCUT2D eigenvalue weighted by Crippen LogP contribution is 2.07. The molecule has 0 saturated carbocycles. The van der Waals surface area contributed by atoms with Gasteiger partial charge in [0.15, 0.2) is 5.82 Å². The summed E-state index contributed by atoms with van der Waals surface area (Å²) in [6.45, 7) is 0.429. The van der Waals surface area contributed by atoms with Gasteiger partial charge in [-0.3, -0.25) is 0 Å². The smallest absolute Gasteiger partial charge is 0.257 e. The zero-order valence-corrected chi connectivity index (χ0v) is 10.7. The minimum Gasteiger partial charge on any atom is -0.368 e. The summed E-state index contributed by atoms with van der Waals surface area (Å²) in [4.78, 5) is 12.3. The van der Waals surface area contributed by atoms with Crippen LogP contribution in [0.1, 0.15) is 5.82 Å². The van der Waals surface area contributed by atoms with E-state index in [1.54, 1.807) is 29.4 Å². The van der Waals surface area contributed by atoms with Crippen LogP contribution in [0.25, 0.3) is 5.95 Å². The van der Waals surface area contributed by atoms with Gasteiger partial charge in [-0.05, 0) is 6.07 Å². The van der Waals surface area contributed by atoms with Gasteiger partial charge in [0.05, 0.1) is 6.54 Å². The van der Waals surface area contributed by atoms with Gasteiger partial charge in [-0.1, -0.05) is 0 Å². The molecule has 0 fully saturated rings. The fraction of sp³-hybridized carbons (Fsp3) is 0.200. The molecule has 0 spiro atoms. The standard InChI is InChI=1S/C10H12N10/c1-19-6-13-18-7(19)5-12-9-15-8(11)16-10(17-9)20-4-2-3-14-20/h2-4,6H,5H2,1H3,(H3,11,12,15,16,17). The van der Waals surface area contributed by atoms with Gasteiger partial charge in [0.1, 0.15) is 6.33 Å². The SMILES string of the molecule is Cn1cnnc1CNc1nc(N)nc(-n2cccn2)n1. The molecule has 10 nitrogen and oxygen atoms in total. The van der Waals surface area contributed by atoms with Crippen molar-refractivity contribution in [1.29, 1.82) is 0 Å². The molecule has 102 valence electrons. The molecule has 0 unspecified atom stereocenters. The van der Waals surface area contributed by atoms with E-state index in [9.17, 15) is 0 Å². The van der Waals surface area contributed by atoms with Gasteiger partial charge < -0.3 is 15.6 Å². The Morgan fingerprint density at radius 3 is 2.90 bits per heavy atom. The van der Waals surface area contributed by atoms with Gasteiger partial charge in [-0.15, -0.1) is 10.2 Å². The van der Waals surface area contributed by atoms with E-state index >= 15 is 0 Å². The Bertz CT molecular complexity index is 701. The third-order valence-corrected chi connectivity index (χ3v) is 2.56. The van der Waals surface area contributed by atoms with Crippen molar-refractivity contribution in [2.45, 2.75) is 6.54 Å². The van der Waals surface area contributed by atoms with Crippen LogP contribution in [-0.4, -0.2) is 39.5 Å². The predicted molar refractivity (Wildman–Crippen MR) is 69.7 cm³/mol. The van der Waals surface area contributed by atoms with Gasteiger partial charge >= 0.3 is 0 Å². The summed E-state index contributed by atoms with van der Waals surface area (Å²) in [5.41, 5.74) is 5.67. The van der Waals surface area contributed by atoms with Crippen molar-refractivity contribution in [3.05, 3.63) is 30.6 Å². The number of anilines is 2. The van der Waals surface area contributed by atoms with Crippen LogP contribution >= 0.6 is 0 Å². The molecule has 3 aromatic rings. The monoisotopic (exact) mass is 272 g/mol. The molecule has 0 aromatic carbocycles. The second-order valence-electron chi connectivity index (χ2n) is 3.98. The second kappa shape index (κ2) is 4.91. The summed E-state index contributed by atoms with van der Waals surface area (Å²) >= 11 is 0. The zero-order valence-electron chi connectivity index (χ0n) is 10.7. The maximum atomic E-state index is 5.67. The number of aryl methyl sites for hydroxylation is 1. The van der Waals surface area contributed by atoms with Crippen molar-refractivity contribution < 1.29 is 0 Å². The number of aromatic nitrogens is 8. The number of hydrogen-bond donors (Lipinski definition) is 2. The van der Waals surface area contributed by atoms with Gasteiger partial charge in [-0.2, -0.15) is 20.1 Å². The van der Waals surface area contributed by atoms with E-state index in [0.29, 0.717) is 18.4 Å². The molecular formula is C10H12N10. The Labute approximate surface area is 113 Å². The molecule has 3 heterocycles. The highest BCUT2D eigenvalue weighted by Gasteiger charge is 2.07. The van der Waals surface area contributed by atoms with Crippen LogP contribution in [0.4, 0.5) is 11.9 Å². The second-order valence-corrected chi connectivity index (χ2v) is 3.98. The third kappa shape index (κ3) is 2.39. The number of hydrogen-bond acceptors (Lipinski definition) is 8. The van der Waals surface area contributed by atoms with Crippen molar-refractivity contribution in [3.8, 4) is 5.95 Å². The Morgan fingerprint density at radius 1 is 1.30 bits per heavy atom. The van der Waals surface area contributed by atoms with E-state index < -0.39 is 0 Å². The van der Waals surface area contributed by atoms with Crippen molar-refractivity contribution >= 4 is 11.9 Å². The average molecular weight is 272 g/mol. The molecule has 20 heavy (non-hydrogen) atoms. The predicted octanol–water partition coefficient (Wildman–Crippen LogP) is -0.620. The summed E-state index contributed by atoms with van der Waals surface area (Å²) in [6, 6.07) is 1.77. The number of nitrogen functional groups attached to an aromatic ring is 1. The van der Waals surface area contributed by atoms with Crippen molar-refractivity contribution in [3.63, 3.8) is 0 Å². The first-order valence-corrected chi connectivity index (χ1v) is 5.80. The molecule has 0 aliphatic heterocycles. The summed E-state index contributed by atoms with van der Waals surface area (Å²) in [7, 11) is 1.86. The lowest BCUT2D eigenvalue weighted by molar-refractivity contribution is 0.785. The highest BCUT2D eigenvalue weighted by atomic mass is 15.4. The molecule has 3 N–H and O–H groups in total. The minimum atomic E-state index is 0.117. The number of nitrogens with one attached hydrogen (secondary N) is 1. The van der Waals surface area contributed by atoms with Gasteiger partial charge in [0.2, 0.25) is 11.9 Å². The number of rotatable bonds is 4. The van der Waals surface area contributed by atoms with Crippen molar-refractivity contribution in [1.82, 2.24) is 39.5 Å². The van der Waals surface area contributed by atoms with Crippen LogP contribution in [0, 0.1) is 0 Å². The Hall–Kier alpha value is -3.04. The summed E-state index contributed by atoms with van der Waals surface area (Å²) in [6.07, 6.45) is 4.97. The average Bonchev–Trinajstić information content (AvgIpc) is 3.07. The maximum absolute atomic E-state index is 5.67. The van der Waals surface area contributed by atoms with Crippen molar-refractivity contribution in [2.75, 3.05) is 11.1 Å². The first kappa shape index (κ1) is 12.0. The van der Waals surface area contributed by atoms with Crippen molar-refractivity contribution in [2.24, 2.45) is 7.05 Å². The van der Waals surface area contributed by atoms with E-state index in [1.807, 2.05) is 7.05 Å². The lowest BCUT2D eigenvalue weighted by Crippen LogP contribution is -2.13. The Morgan fingerprint density at radius 2 is 2.20 bits per heavy atom. The molecule has 0 saturated heterocycles. The van der Waals surface area contributed by atoms with Crippen LogP contribution < -0.4 is 11.1 Å². The summed E-state index contributed by atoms with van der Waals surface area (Å²) in [5.74, 6) is 1.57. The summed E-state index contributed by atoms with van der Waals surface area (Å²) < 4.78 is 3.30. The Kier molecular flexibility index (Phi) is 2.95. The highest BCUT2D eigenvalue weighted by molar-refractivity contribution is 5.34. The molecule has 3 rings (SSSR count). The van der Waals surface area contributed by atoms with Crippen LogP contribution in [0.3, 0.4) is 0 Å². The molecule has 0 bridgehead atoms. The van der Waals surface area contributed by atoms with E-state index in [0.717, 1.165) is 5.82 Å². The number of nitrogens with zero attached hydrogens (tertiary/aromatic N) is 8. The molecule has 0 amide bonds. The topological polar surface area (TPSA) is 125 Å². The van der Waals surface area contributed by atoms with Crippen LogP contribution in [0.15, 0.2) is 24.8 Å². The molecular weight excluding hydrogens is 260 g/mol. The first-order chi connectivity index (χ1) is 9.72. The van der Waals surface area contributed by atoms with E-state index in [1.165, 1.54) is 4.68 Å². The normalized spacial score (nSPS) is 10.7. The van der Waals surface area contributed by atoms with Gasteiger partial charge in [0, 0.05) is 19.4 Å². The zero-order chi connectivity index (χ0) is 13.9. The molecule has 10 heteroatoms. The summed E-state index contributed by atoms with van der Waals surface area (Å²) in [5, 5.41) is 14.8. The first-order valence-electron chi connectivity index (χ1n) is 5.80. The maximum Gasteiger partial charge on any atom is 0.257 e. The van der Waals surface area contributed by atoms with E-state index in [4.69, 9.17) is 5.73 Å². The lowest BCUT2D eigenvalue weighted by atomic mass is 10.6. The Balaban J connectivity index is 1.81. The molecule has 0 atom stereocenters. The van der Waals surface area contributed by atoms with E-state index in [2.05, 4.69) is 35.6 Å². The third-order valence-electron chi connectivity index (χ3n) is 2.56. The van der Waals surface area contributed by atoms with Gasteiger partial charge in [0.25, 0.3) is 5.95 Å². The largest absolute Gasteiger partial charge is 0.368 e. The molecule has 3 aromatic heterocycles. The van der Waals surface area contributed by atoms with Crippen LogP contribution in [-0.2, 0) is 13.6 Å². The number of nitrogens with two attached hydrogens (primary N) is 1.